The number of esters is 1. The second-order valence-electron chi connectivity index (χ2n) is 6.08. The van der Waals surface area contributed by atoms with E-state index in [2.05, 4.69) is 20.6 Å². The van der Waals surface area contributed by atoms with Gasteiger partial charge < -0.3 is 15.4 Å². The summed E-state index contributed by atoms with van der Waals surface area (Å²) in [6.45, 7) is 6.10. The molecule has 0 aliphatic carbocycles. The van der Waals surface area contributed by atoms with Crippen LogP contribution in [0.2, 0.25) is 0 Å². The number of aromatic nitrogens is 2. The van der Waals surface area contributed by atoms with Gasteiger partial charge in [-0.2, -0.15) is 4.98 Å². The normalized spacial score (nSPS) is 10.3. The van der Waals surface area contributed by atoms with Crippen molar-refractivity contribution in [3.05, 3.63) is 71.4 Å². The number of nitrogens with one attached hydrogen (secondary N) is 2. The summed E-state index contributed by atoms with van der Waals surface area (Å²) in [4.78, 5) is 20.7. The molecule has 3 rings (SSSR count). The molecule has 1 heterocycles. The average molecular weight is 362 g/mol. The number of nitrogens with zero attached hydrogens (tertiary/aromatic N) is 2. The van der Waals surface area contributed by atoms with Crippen molar-refractivity contribution in [3.63, 3.8) is 0 Å². The van der Waals surface area contributed by atoms with E-state index < -0.39 is 0 Å². The van der Waals surface area contributed by atoms with Gasteiger partial charge in [-0.05, 0) is 56.7 Å². The van der Waals surface area contributed by atoms with Gasteiger partial charge >= 0.3 is 5.97 Å². The summed E-state index contributed by atoms with van der Waals surface area (Å²) in [5.74, 6) is 0.859. The number of carbonyl (C=O) groups is 1. The highest BCUT2D eigenvalue weighted by Gasteiger charge is 2.08. The predicted octanol–water partition coefficient (Wildman–Crippen LogP) is 4.76. The maximum Gasteiger partial charge on any atom is 0.338 e. The molecule has 27 heavy (non-hydrogen) atoms. The molecule has 0 fully saturated rings. The first-order chi connectivity index (χ1) is 13.0. The van der Waals surface area contributed by atoms with Crippen LogP contribution in [0.4, 0.5) is 23.1 Å². The van der Waals surface area contributed by atoms with Gasteiger partial charge in [-0.15, -0.1) is 0 Å². The summed E-state index contributed by atoms with van der Waals surface area (Å²) in [5, 5.41) is 6.49. The fourth-order valence-corrected chi connectivity index (χ4v) is 2.57. The van der Waals surface area contributed by atoms with Gasteiger partial charge in [-0.3, -0.25) is 0 Å². The van der Waals surface area contributed by atoms with Gasteiger partial charge in [-0.25, -0.2) is 9.78 Å². The quantitative estimate of drug-likeness (QED) is 0.616. The summed E-state index contributed by atoms with van der Waals surface area (Å²) in [5.41, 5.74) is 4.27. The number of hydrogen-bond acceptors (Lipinski definition) is 6. The number of carbonyl (C=O) groups excluding carboxylic acids is 1. The first-order valence-corrected chi connectivity index (χ1v) is 8.77. The van der Waals surface area contributed by atoms with Crippen molar-refractivity contribution in [2.24, 2.45) is 0 Å². The number of anilines is 4. The second kappa shape index (κ2) is 8.31. The highest BCUT2D eigenvalue weighted by atomic mass is 16.5. The Morgan fingerprint density at radius 1 is 1.00 bits per heavy atom. The molecule has 0 aliphatic rings. The third-order valence-corrected chi connectivity index (χ3v) is 3.91. The number of rotatable bonds is 6. The number of ether oxygens (including phenoxy) is 1. The van der Waals surface area contributed by atoms with Crippen LogP contribution in [0.3, 0.4) is 0 Å². The zero-order valence-corrected chi connectivity index (χ0v) is 15.6. The highest BCUT2D eigenvalue weighted by molar-refractivity contribution is 5.89. The monoisotopic (exact) mass is 362 g/mol. The molecule has 6 heteroatoms. The number of para-hydroxylation sites is 1. The Morgan fingerprint density at radius 2 is 1.74 bits per heavy atom. The Hall–Kier alpha value is -3.41. The number of benzene rings is 2. The van der Waals surface area contributed by atoms with Crippen LogP contribution >= 0.6 is 0 Å². The Bertz CT molecular complexity index is 939. The van der Waals surface area contributed by atoms with Crippen molar-refractivity contribution in [3.8, 4) is 0 Å². The van der Waals surface area contributed by atoms with Crippen LogP contribution in [-0.2, 0) is 4.74 Å². The van der Waals surface area contributed by atoms with Crippen molar-refractivity contribution < 1.29 is 9.53 Å². The Kier molecular flexibility index (Phi) is 5.66. The van der Waals surface area contributed by atoms with Crippen LogP contribution in [0, 0.1) is 13.8 Å². The van der Waals surface area contributed by atoms with E-state index in [9.17, 15) is 4.79 Å². The minimum atomic E-state index is -0.333. The summed E-state index contributed by atoms with van der Waals surface area (Å²) in [6, 6.07) is 16.9. The molecule has 0 atom stereocenters. The lowest BCUT2D eigenvalue weighted by molar-refractivity contribution is 0.0526. The Labute approximate surface area is 158 Å². The Morgan fingerprint density at radius 3 is 2.44 bits per heavy atom. The van der Waals surface area contributed by atoms with Crippen molar-refractivity contribution >= 4 is 29.1 Å². The van der Waals surface area contributed by atoms with Gasteiger partial charge in [0, 0.05) is 23.1 Å². The first-order valence-electron chi connectivity index (χ1n) is 8.77. The maximum atomic E-state index is 11.7. The lowest BCUT2D eigenvalue weighted by atomic mass is 10.2. The number of aryl methyl sites for hydroxylation is 2. The minimum Gasteiger partial charge on any atom is -0.462 e. The van der Waals surface area contributed by atoms with Crippen LogP contribution in [0.25, 0.3) is 0 Å². The lowest BCUT2D eigenvalue weighted by Crippen LogP contribution is -2.05. The largest absolute Gasteiger partial charge is 0.462 e. The standard InChI is InChI=1S/C21H22N4O2/c1-4-27-20(26)16-9-11-17(12-10-16)23-21-22-15(3)13-19(25-21)24-18-8-6-5-7-14(18)2/h5-13H,4H2,1-3H3,(H2,22,23,24,25). The van der Waals surface area contributed by atoms with E-state index in [0.29, 0.717) is 23.9 Å². The molecule has 0 saturated carbocycles. The van der Waals surface area contributed by atoms with Crippen LogP contribution in [0.15, 0.2) is 54.6 Å². The van der Waals surface area contributed by atoms with Crippen molar-refractivity contribution in [1.29, 1.82) is 0 Å². The first kappa shape index (κ1) is 18.4. The molecule has 6 nitrogen and oxygen atoms in total. The van der Waals surface area contributed by atoms with Crippen molar-refractivity contribution in [1.82, 2.24) is 9.97 Å². The maximum absolute atomic E-state index is 11.7. The van der Waals surface area contributed by atoms with E-state index in [1.54, 1.807) is 31.2 Å². The van der Waals surface area contributed by atoms with Gasteiger partial charge in [0.15, 0.2) is 0 Å². The topological polar surface area (TPSA) is 76.1 Å². The molecule has 2 aromatic carbocycles. The molecule has 138 valence electrons. The SMILES string of the molecule is CCOC(=O)c1ccc(Nc2nc(C)cc(Nc3ccccc3C)n2)cc1. The van der Waals surface area contributed by atoms with Gasteiger partial charge in [-0.1, -0.05) is 18.2 Å². The van der Waals surface area contributed by atoms with E-state index >= 15 is 0 Å². The highest BCUT2D eigenvalue weighted by Crippen LogP contribution is 2.21. The van der Waals surface area contributed by atoms with Gasteiger partial charge in [0.1, 0.15) is 5.82 Å². The molecule has 2 N–H and O–H groups in total. The lowest BCUT2D eigenvalue weighted by Gasteiger charge is -2.11. The third kappa shape index (κ3) is 4.82. The molecule has 0 bridgehead atoms. The molecule has 3 aromatic rings. The number of hydrogen-bond donors (Lipinski definition) is 2. The zero-order valence-electron chi connectivity index (χ0n) is 15.6. The summed E-state index contributed by atoms with van der Waals surface area (Å²) >= 11 is 0. The molecule has 0 radical (unpaired) electrons. The second-order valence-corrected chi connectivity index (χ2v) is 6.08. The molecule has 0 amide bonds. The summed E-state index contributed by atoms with van der Waals surface area (Å²) in [6.07, 6.45) is 0. The molecular weight excluding hydrogens is 340 g/mol. The van der Waals surface area contributed by atoms with Crippen molar-refractivity contribution in [2.45, 2.75) is 20.8 Å². The summed E-state index contributed by atoms with van der Waals surface area (Å²) < 4.78 is 4.99. The smallest absolute Gasteiger partial charge is 0.338 e. The van der Waals surface area contributed by atoms with Crippen LogP contribution in [0.1, 0.15) is 28.5 Å². The average Bonchev–Trinajstić information content (AvgIpc) is 2.64. The molecular formula is C21H22N4O2. The third-order valence-electron chi connectivity index (χ3n) is 3.91. The molecule has 0 aliphatic heterocycles. The van der Waals surface area contributed by atoms with Gasteiger partial charge in [0.2, 0.25) is 5.95 Å². The molecule has 0 spiro atoms. The van der Waals surface area contributed by atoms with Crippen LogP contribution < -0.4 is 10.6 Å². The molecule has 1 aromatic heterocycles. The van der Waals surface area contributed by atoms with E-state index in [0.717, 1.165) is 22.6 Å². The molecule has 0 saturated heterocycles. The van der Waals surface area contributed by atoms with Gasteiger partial charge in [0.25, 0.3) is 0 Å². The zero-order chi connectivity index (χ0) is 19.2. The van der Waals surface area contributed by atoms with E-state index in [4.69, 9.17) is 4.74 Å². The van der Waals surface area contributed by atoms with Gasteiger partial charge in [0.05, 0.1) is 12.2 Å². The van der Waals surface area contributed by atoms with E-state index in [-0.39, 0.29) is 5.97 Å². The summed E-state index contributed by atoms with van der Waals surface area (Å²) in [7, 11) is 0. The van der Waals surface area contributed by atoms with Crippen molar-refractivity contribution in [2.75, 3.05) is 17.2 Å². The molecule has 0 unspecified atom stereocenters. The van der Waals surface area contributed by atoms with Crippen LogP contribution in [-0.4, -0.2) is 22.5 Å². The van der Waals surface area contributed by atoms with E-state index in [1.807, 2.05) is 44.2 Å². The fourth-order valence-electron chi connectivity index (χ4n) is 2.57. The van der Waals surface area contributed by atoms with Crippen LogP contribution in [0.5, 0.6) is 0 Å². The van der Waals surface area contributed by atoms with E-state index in [1.165, 1.54) is 0 Å². The fraction of sp³-hybridized carbons (Fsp3) is 0.190. The Balaban J connectivity index is 1.76. The predicted molar refractivity (Wildman–Crippen MR) is 107 cm³/mol. The minimum absolute atomic E-state index is 0.333.